The van der Waals surface area contributed by atoms with E-state index in [1.807, 2.05) is 37.1 Å². The van der Waals surface area contributed by atoms with Gasteiger partial charge in [0.25, 0.3) is 0 Å². The van der Waals surface area contributed by atoms with E-state index in [-0.39, 0.29) is 17.9 Å². The molecule has 24 heteroatoms. The monoisotopic (exact) mass is 1080 g/mol. The second-order valence-electron chi connectivity index (χ2n) is 20.3. The standard InChI is InChI=1S/C45H54N4O8.2C4H6O6/c1-8-27-19-28-22-44(40(51)55-6,36-30(25-48(23-27)24-28)29-13-10-11-14-33(29)46-36)32-20-31-34(21-35(32)54-5)47(4)38-43(31)16-18-49-17-12-15-42(9-2,37(43)49)39(57-26(3)50)45(38,53)41(52)56-7;2*5-1(3(7)8)2(6)4(9)10/h10-15,19-21,28,37-39,46,53H,8-9,16-18,22-25H2,1-7H3;2*1-2,5-6H,(H,7,8)(H,9,10)/t28?,37-,38+,39+,42+,43+,44-,45-;2*1-,2-/m011/s1. The third kappa shape index (κ3) is 9.27. The van der Waals surface area contributed by atoms with E-state index in [0.29, 0.717) is 50.2 Å². The summed E-state index contributed by atoms with van der Waals surface area (Å²) < 4.78 is 23.9. The van der Waals surface area contributed by atoms with Gasteiger partial charge in [0, 0.05) is 90.9 Å². The number of aromatic amines is 1. The van der Waals surface area contributed by atoms with E-state index < -0.39 is 94.2 Å². The number of likely N-dealkylation sites (N-methyl/N-ethyl adjacent to an activating group) is 1. The van der Waals surface area contributed by atoms with Gasteiger partial charge in [0.2, 0.25) is 5.60 Å². The van der Waals surface area contributed by atoms with Crippen molar-refractivity contribution in [2.24, 2.45) is 11.3 Å². The Balaban J connectivity index is 0.000000365. The molecule has 1 aliphatic carbocycles. The van der Waals surface area contributed by atoms with Gasteiger partial charge < -0.3 is 74.8 Å². The number of aliphatic carboxylic acids is 4. The number of ether oxygens (including phenoxy) is 4. The Hall–Kier alpha value is -6.93. The van der Waals surface area contributed by atoms with Gasteiger partial charge in [-0.15, -0.1) is 0 Å². The Morgan fingerprint density at radius 2 is 1.40 bits per heavy atom. The largest absolute Gasteiger partial charge is 0.496 e. The fourth-order valence-electron chi connectivity index (χ4n) is 13.4. The molecule has 0 amide bonds. The maximum absolute atomic E-state index is 15.2. The first-order chi connectivity index (χ1) is 36.3. The lowest BCUT2D eigenvalue weighted by Crippen LogP contribution is -2.81. The fourth-order valence-corrected chi connectivity index (χ4v) is 13.4. The molecule has 2 aromatic carbocycles. The van der Waals surface area contributed by atoms with Crippen molar-refractivity contribution in [1.29, 1.82) is 0 Å². The number of fused-ring (bicyclic) bond motifs is 6. The summed E-state index contributed by atoms with van der Waals surface area (Å²) in [5.74, 6) is -8.39. The summed E-state index contributed by atoms with van der Waals surface area (Å²) in [6.45, 7) is 9.19. The molecule has 3 aromatic rings. The number of anilines is 1. The molecule has 2 bridgehead atoms. The van der Waals surface area contributed by atoms with Crippen molar-refractivity contribution >= 4 is 58.4 Å². The van der Waals surface area contributed by atoms with Gasteiger partial charge in [-0.05, 0) is 61.4 Å². The van der Waals surface area contributed by atoms with Crippen LogP contribution in [0, 0.1) is 11.3 Å². The smallest absolute Gasteiger partial charge is 0.344 e. The van der Waals surface area contributed by atoms with Gasteiger partial charge >= 0.3 is 41.8 Å². The molecule has 13 atom stereocenters. The van der Waals surface area contributed by atoms with Crippen molar-refractivity contribution in [2.75, 3.05) is 59.5 Å². The van der Waals surface area contributed by atoms with Crippen molar-refractivity contribution in [3.63, 3.8) is 0 Å². The van der Waals surface area contributed by atoms with Gasteiger partial charge in [0.05, 0.1) is 27.4 Å². The van der Waals surface area contributed by atoms with Crippen molar-refractivity contribution in [3.8, 4) is 5.75 Å². The van der Waals surface area contributed by atoms with E-state index in [1.165, 1.54) is 26.7 Å². The van der Waals surface area contributed by atoms with Gasteiger partial charge in [-0.2, -0.15) is 0 Å². The summed E-state index contributed by atoms with van der Waals surface area (Å²) in [7, 11) is 6.22. The van der Waals surface area contributed by atoms with Crippen LogP contribution in [0.4, 0.5) is 5.69 Å². The van der Waals surface area contributed by atoms with Crippen LogP contribution in [0.15, 0.2) is 60.2 Å². The second kappa shape index (κ2) is 21.8. The third-order valence-corrected chi connectivity index (χ3v) is 16.4. The molecule has 2 unspecified atom stereocenters. The van der Waals surface area contributed by atoms with E-state index in [9.17, 15) is 33.9 Å². The topological polar surface area (TPSA) is 364 Å². The summed E-state index contributed by atoms with van der Waals surface area (Å²) in [5, 5.41) is 79.4. The van der Waals surface area contributed by atoms with Crippen LogP contribution in [-0.2, 0) is 65.1 Å². The number of carbonyl (C=O) groups excluding carboxylic acids is 3. The first-order valence-corrected chi connectivity index (χ1v) is 24.9. The number of hydrogen-bond donors (Lipinski definition) is 10. The number of aliphatic hydroxyl groups excluding tert-OH is 4. The quantitative estimate of drug-likeness (QED) is 0.0633. The van der Waals surface area contributed by atoms with Gasteiger partial charge in [-0.25, -0.2) is 24.0 Å². The molecule has 24 nitrogen and oxygen atoms in total. The highest BCUT2D eigenvalue weighted by Gasteiger charge is 2.80. The minimum atomic E-state index is -2.27. The zero-order valence-corrected chi connectivity index (χ0v) is 43.5. The normalized spacial score (nSPS) is 29.9. The van der Waals surface area contributed by atoms with E-state index in [1.54, 1.807) is 7.11 Å². The Labute approximate surface area is 441 Å². The second-order valence-corrected chi connectivity index (χ2v) is 20.3. The average molecular weight is 1080 g/mol. The number of methoxy groups -OCH3 is 3. The van der Waals surface area contributed by atoms with Crippen molar-refractivity contribution < 1.29 is 98.5 Å². The molecule has 9 rings (SSSR count). The van der Waals surface area contributed by atoms with Crippen LogP contribution in [0.2, 0.25) is 0 Å². The van der Waals surface area contributed by atoms with Crippen molar-refractivity contribution in [3.05, 3.63) is 82.6 Å². The summed E-state index contributed by atoms with van der Waals surface area (Å²) >= 11 is 0. The number of rotatable bonds is 13. The highest BCUT2D eigenvalue weighted by Crippen LogP contribution is 2.68. The molecule has 0 radical (unpaired) electrons. The van der Waals surface area contributed by atoms with Gasteiger partial charge in [-0.3, -0.25) is 19.4 Å². The Morgan fingerprint density at radius 3 is 1.94 bits per heavy atom. The summed E-state index contributed by atoms with van der Waals surface area (Å²) in [6, 6.07) is 11.2. The lowest BCUT2D eigenvalue weighted by Gasteiger charge is -2.63. The predicted molar refractivity (Wildman–Crippen MR) is 269 cm³/mol. The maximum Gasteiger partial charge on any atom is 0.344 e. The Morgan fingerprint density at radius 1 is 0.805 bits per heavy atom. The number of carboxylic acid groups (broad SMARTS) is 4. The minimum absolute atomic E-state index is 0.0284. The number of esters is 3. The first-order valence-electron chi connectivity index (χ1n) is 24.9. The summed E-state index contributed by atoms with van der Waals surface area (Å²) in [6.07, 6.45) is -1.39. The number of H-pyrrole nitrogens is 1. The van der Waals surface area contributed by atoms with Crippen LogP contribution in [0.3, 0.4) is 0 Å². The highest BCUT2D eigenvalue weighted by atomic mass is 16.6. The SMILES string of the molecule is CCC1=CC2CN(C1)Cc1c([nH]c3ccccc13)[C@@](C(=O)OC)(c1cc3c(cc1OC)N(C)[C@H]1[C@@](O)(C(=O)OC)[C@H](OC(C)=O)[C@]4(CC)C=CCN5CC[C@]31[C@@H]54)C2.O=C(O)[C@H](O)[C@@H](O)C(=O)O.O=C(O)[C@H](O)[C@@H](O)C(=O)O. The molecule has 6 aliphatic rings. The van der Waals surface area contributed by atoms with Gasteiger partial charge in [-0.1, -0.05) is 55.8 Å². The molecular weight excluding hydrogens is 1010 g/mol. The summed E-state index contributed by atoms with van der Waals surface area (Å²) in [4.78, 5) is 92.2. The molecule has 77 heavy (non-hydrogen) atoms. The molecule has 418 valence electrons. The lowest BCUT2D eigenvalue weighted by atomic mass is 9.47. The zero-order valence-electron chi connectivity index (χ0n) is 43.5. The number of benzene rings is 2. The molecule has 5 aliphatic heterocycles. The number of aromatic nitrogens is 1. The molecular formula is C53H66N4O20. The molecule has 1 aromatic heterocycles. The predicted octanol–water partition coefficient (Wildman–Crippen LogP) is 0.508. The number of aliphatic hydroxyl groups is 5. The van der Waals surface area contributed by atoms with Crippen LogP contribution in [0.1, 0.15) is 68.8 Å². The number of carboxylic acids is 4. The molecule has 1 saturated carbocycles. The summed E-state index contributed by atoms with van der Waals surface area (Å²) in [5.41, 5.74) is 1.05. The maximum atomic E-state index is 15.2. The number of nitrogens with zero attached hydrogens (tertiary/aromatic N) is 3. The van der Waals surface area contributed by atoms with E-state index >= 15 is 4.79 Å². The highest BCUT2D eigenvalue weighted by molar-refractivity contribution is 5.95. The van der Waals surface area contributed by atoms with E-state index in [4.69, 9.17) is 59.8 Å². The van der Waals surface area contributed by atoms with Crippen LogP contribution in [0.5, 0.6) is 5.75 Å². The number of carbonyl (C=O) groups is 7. The Bertz CT molecular complexity index is 2830. The number of nitrogens with one attached hydrogen (secondary N) is 1. The molecule has 10 N–H and O–H groups in total. The third-order valence-electron chi connectivity index (χ3n) is 16.4. The minimum Gasteiger partial charge on any atom is -0.496 e. The van der Waals surface area contributed by atoms with Crippen molar-refractivity contribution in [2.45, 2.75) is 112 Å². The lowest BCUT2D eigenvalue weighted by molar-refractivity contribution is -0.228. The van der Waals surface area contributed by atoms with Crippen molar-refractivity contribution in [1.82, 2.24) is 14.8 Å². The zero-order chi connectivity index (χ0) is 56.9. The Kier molecular flexibility index (Phi) is 16.4. The molecule has 1 saturated heterocycles. The van der Waals surface area contributed by atoms with E-state index in [0.717, 1.165) is 52.9 Å². The fraction of sp³-hybridized carbons (Fsp3) is 0.528. The van der Waals surface area contributed by atoms with E-state index in [2.05, 4.69) is 58.1 Å². The van der Waals surface area contributed by atoms with Crippen LogP contribution in [-0.4, -0.2) is 205 Å². The van der Waals surface area contributed by atoms with Crippen LogP contribution < -0.4 is 9.64 Å². The molecule has 6 heterocycles. The molecule has 2 fully saturated rings. The van der Waals surface area contributed by atoms with Gasteiger partial charge in [0.15, 0.2) is 30.5 Å². The van der Waals surface area contributed by atoms with Crippen LogP contribution >= 0.6 is 0 Å². The number of hydrogen-bond acceptors (Lipinski definition) is 19. The number of para-hydroxylation sites is 1. The van der Waals surface area contributed by atoms with Crippen LogP contribution in [0.25, 0.3) is 10.9 Å². The average Bonchev–Trinajstić information content (AvgIpc) is 4.06. The molecule has 1 spiro atoms. The van der Waals surface area contributed by atoms with Gasteiger partial charge in [0.1, 0.15) is 11.2 Å². The first kappa shape index (κ1) is 57.8.